The molecule has 122 valence electrons. The van der Waals surface area contributed by atoms with Gasteiger partial charge in [-0.3, -0.25) is 4.79 Å². The van der Waals surface area contributed by atoms with Gasteiger partial charge in [-0.05, 0) is 43.0 Å². The average molecular weight is 311 g/mol. The number of amides is 1. The van der Waals surface area contributed by atoms with Gasteiger partial charge in [0, 0.05) is 6.42 Å². The number of carboxylic acid groups (broad SMARTS) is 1. The van der Waals surface area contributed by atoms with Crippen LogP contribution >= 0.6 is 0 Å². The lowest BCUT2D eigenvalue weighted by Crippen LogP contribution is -2.41. The molecule has 0 aliphatic carbocycles. The summed E-state index contributed by atoms with van der Waals surface area (Å²) in [5, 5.41) is 11.6. The van der Waals surface area contributed by atoms with E-state index in [0.717, 1.165) is 0 Å². The molecule has 0 spiro atoms. The molecule has 0 radical (unpaired) electrons. The first-order chi connectivity index (χ1) is 10.4. The molecule has 5 nitrogen and oxygen atoms in total. The van der Waals surface area contributed by atoms with Crippen molar-refractivity contribution in [2.24, 2.45) is 5.92 Å². The van der Waals surface area contributed by atoms with Gasteiger partial charge in [-0.1, -0.05) is 13.8 Å². The lowest BCUT2D eigenvalue weighted by molar-refractivity contribution is -0.142. The van der Waals surface area contributed by atoms with Crippen LogP contribution in [-0.4, -0.2) is 29.6 Å². The van der Waals surface area contributed by atoms with Crippen LogP contribution in [0.25, 0.3) is 0 Å². The second-order valence-corrected chi connectivity index (χ2v) is 5.49. The molecule has 0 saturated carbocycles. The minimum absolute atomic E-state index is 0.184. The predicted octanol–water partition coefficient (Wildman–Crippen LogP) is 2.60. The summed E-state index contributed by atoms with van der Waals surface area (Å²) in [4.78, 5) is 22.8. The molecule has 0 saturated heterocycles. The molecule has 0 fully saturated rings. The number of hydrogen-bond acceptors (Lipinski definition) is 3. The number of carboxylic acids is 1. The van der Waals surface area contributed by atoms with E-state index in [2.05, 4.69) is 5.32 Å². The molecule has 0 heterocycles. The molecular weight excluding hydrogens is 289 g/mol. The highest BCUT2D eigenvalue weighted by Crippen LogP contribution is 2.11. The molecule has 1 aromatic carbocycles. The summed E-state index contributed by atoms with van der Waals surface area (Å²) in [7, 11) is 0. The first kappa shape index (κ1) is 17.9. The predicted molar refractivity (Wildman–Crippen MR) is 80.2 cm³/mol. The van der Waals surface area contributed by atoms with Gasteiger partial charge in [0.05, 0.1) is 6.61 Å². The van der Waals surface area contributed by atoms with E-state index in [-0.39, 0.29) is 24.1 Å². The number of ether oxygens (including phenoxy) is 1. The molecule has 1 atom stereocenters. The number of hydrogen-bond donors (Lipinski definition) is 2. The third-order valence-corrected chi connectivity index (χ3v) is 2.97. The van der Waals surface area contributed by atoms with Gasteiger partial charge in [-0.15, -0.1) is 0 Å². The summed E-state index contributed by atoms with van der Waals surface area (Å²) in [6.07, 6.45) is 1.04. The Balaban J connectivity index is 2.27. The van der Waals surface area contributed by atoms with Gasteiger partial charge in [0.1, 0.15) is 17.6 Å². The Labute approximate surface area is 129 Å². The maximum Gasteiger partial charge on any atom is 0.326 e. The van der Waals surface area contributed by atoms with Crippen LogP contribution in [0.1, 0.15) is 33.1 Å². The number of carbonyl (C=O) groups excluding carboxylic acids is 1. The minimum atomic E-state index is -1.02. The van der Waals surface area contributed by atoms with Crippen LogP contribution in [0.5, 0.6) is 5.75 Å². The molecule has 1 unspecified atom stereocenters. The molecular formula is C16H22FNO4. The summed E-state index contributed by atoms with van der Waals surface area (Å²) in [6.45, 7) is 4.11. The standard InChI is InChI=1S/C16H22FNO4/c1-11(2)10-14(16(20)21)18-15(19)4-3-9-22-13-7-5-12(17)6-8-13/h5-8,11,14H,3-4,9-10H2,1-2H3,(H,18,19)(H,20,21). The zero-order valence-electron chi connectivity index (χ0n) is 12.8. The van der Waals surface area contributed by atoms with Crippen molar-refractivity contribution in [1.82, 2.24) is 5.32 Å². The Hall–Kier alpha value is -2.11. The van der Waals surface area contributed by atoms with Crippen LogP contribution in [0.4, 0.5) is 4.39 Å². The summed E-state index contributed by atoms with van der Waals surface area (Å²) in [5.74, 6) is -0.954. The van der Waals surface area contributed by atoms with Gasteiger partial charge >= 0.3 is 5.97 Å². The SMILES string of the molecule is CC(C)CC(NC(=O)CCCOc1ccc(F)cc1)C(=O)O. The average Bonchev–Trinajstić information content (AvgIpc) is 2.44. The second-order valence-electron chi connectivity index (χ2n) is 5.49. The smallest absolute Gasteiger partial charge is 0.326 e. The fourth-order valence-corrected chi connectivity index (χ4v) is 1.91. The van der Waals surface area contributed by atoms with E-state index in [1.165, 1.54) is 24.3 Å². The van der Waals surface area contributed by atoms with E-state index in [1.807, 2.05) is 13.8 Å². The van der Waals surface area contributed by atoms with Crippen molar-refractivity contribution >= 4 is 11.9 Å². The van der Waals surface area contributed by atoms with Crippen molar-refractivity contribution in [3.8, 4) is 5.75 Å². The zero-order chi connectivity index (χ0) is 16.5. The number of halogens is 1. The van der Waals surface area contributed by atoms with Crippen LogP contribution in [0.2, 0.25) is 0 Å². The van der Waals surface area contributed by atoms with Crippen LogP contribution in [0.15, 0.2) is 24.3 Å². The first-order valence-corrected chi connectivity index (χ1v) is 7.29. The van der Waals surface area contributed by atoms with Crippen LogP contribution in [0, 0.1) is 11.7 Å². The Morgan fingerprint density at radius 1 is 1.27 bits per heavy atom. The maximum atomic E-state index is 12.7. The Bertz CT molecular complexity index is 487. The number of carbonyl (C=O) groups is 2. The lowest BCUT2D eigenvalue weighted by Gasteiger charge is -2.16. The topological polar surface area (TPSA) is 75.6 Å². The van der Waals surface area contributed by atoms with Gasteiger partial charge in [0.25, 0.3) is 0 Å². The molecule has 2 N–H and O–H groups in total. The first-order valence-electron chi connectivity index (χ1n) is 7.29. The van der Waals surface area contributed by atoms with E-state index < -0.39 is 12.0 Å². The van der Waals surface area contributed by atoms with Crippen LogP contribution < -0.4 is 10.1 Å². The van der Waals surface area contributed by atoms with Crippen LogP contribution in [0.3, 0.4) is 0 Å². The van der Waals surface area contributed by atoms with Crippen molar-refractivity contribution in [3.05, 3.63) is 30.1 Å². The maximum absolute atomic E-state index is 12.7. The largest absolute Gasteiger partial charge is 0.494 e. The summed E-state index contributed by atoms with van der Waals surface area (Å²) in [5.41, 5.74) is 0. The van der Waals surface area contributed by atoms with Crippen molar-refractivity contribution < 1.29 is 23.8 Å². The quantitative estimate of drug-likeness (QED) is 0.687. The van der Waals surface area contributed by atoms with Crippen molar-refractivity contribution in [2.45, 2.75) is 39.2 Å². The number of aliphatic carboxylic acids is 1. The van der Waals surface area contributed by atoms with Crippen molar-refractivity contribution in [1.29, 1.82) is 0 Å². The van der Waals surface area contributed by atoms with E-state index >= 15 is 0 Å². The monoisotopic (exact) mass is 311 g/mol. The third-order valence-electron chi connectivity index (χ3n) is 2.97. The molecule has 0 aliphatic heterocycles. The van der Waals surface area contributed by atoms with Gasteiger partial charge in [0.15, 0.2) is 0 Å². The molecule has 0 aliphatic rings. The zero-order valence-corrected chi connectivity index (χ0v) is 12.8. The number of rotatable bonds is 9. The minimum Gasteiger partial charge on any atom is -0.494 e. The Morgan fingerprint density at radius 2 is 1.91 bits per heavy atom. The number of nitrogens with one attached hydrogen (secondary N) is 1. The third kappa shape index (κ3) is 7.06. The second kappa shape index (κ2) is 9.02. The van der Waals surface area contributed by atoms with Gasteiger partial charge in [0.2, 0.25) is 5.91 Å². The van der Waals surface area contributed by atoms with E-state index in [9.17, 15) is 14.0 Å². The highest BCUT2D eigenvalue weighted by Gasteiger charge is 2.20. The lowest BCUT2D eigenvalue weighted by atomic mass is 10.0. The van der Waals surface area contributed by atoms with Gasteiger partial charge in [-0.25, -0.2) is 9.18 Å². The summed E-state index contributed by atoms with van der Waals surface area (Å²) < 4.78 is 18.1. The van der Waals surface area contributed by atoms with E-state index in [4.69, 9.17) is 9.84 Å². The molecule has 22 heavy (non-hydrogen) atoms. The summed E-state index contributed by atoms with van der Waals surface area (Å²) in [6, 6.07) is 4.76. The Morgan fingerprint density at radius 3 is 2.45 bits per heavy atom. The molecule has 1 amide bonds. The van der Waals surface area contributed by atoms with Gasteiger partial charge in [-0.2, -0.15) is 0 Å². The Kier molecular flexibility index (Phi) is 7.36. The normalized spacial score (nSPS) is 12.0. The number of benzene rings is 1. The summed E-state index contributed by atoms with van der Waals surface area (Å²) >= 11 is 0. The molecule has 0 bridgehead atoms. The molecule has 1 aromatic rings. The fraction of sp³-hybridized carbons (Fsp3) is 0.500. The highest BCUT2D eigenvalue weighted by atomic mass is 19.1. The molecule has 0 aromatic heterocycles. The molecule has 6 heteroatoms. The van der Waals surface area contributed by atoms with Crippen LogP contribution in [-0.2, 0) is 9.59 Å². The van der Waals surface area contributed by atoms with E-state index in [0.29, 0.717) is 25.2 Å². The van der Waals surface area contributed by atoms with Gasteiger partial charge < -0.3 is 15.2 Å². The molecule has 1 rings (SSSR count). The van der Waals surface area contributed by atoms with Crippen molar-refractivity contribution in [2.75, 3.05) is 6.61 Å². The fourth-order valence-electron chi connectivity index (χ4n) is 1.91. The highest BCUT2D eigenvalue weighted by molar-refractivity contribution is 5.83. The van der Waals surface area contributed by atoms with Crippen molar-refractivity contribution in [3.63, 3.8) is 0 Å². The van der Waals surface area contributed by atoms with E-state index in [1.54, 1.807) is 0 Å².